The quantitative estimate of drug-likeness (QED) is 0.134. The fourth-order valence-electron chi connectivity index (χ4n) is 5.36. The molecule has 0 bridgehead atoms. The number of hydrogen-bond donors (Lipinski definition) is 1. The number of carbonyl (C=O) groups is 1. The number of Topliss-reactive ketones (excluding diaryl/α,β-unsaturated/α-hetero) is 1. The van der Waals surface area contributed by atoms with Gasteiger partial charge in [0.1, 0.15) is 11.2 Å². The highest BCUT2D eigenvalue weighted by Crippen LogP contribution is 2.39. The van der Waals surface area contributed by atoms with Crippen LogP contribution >= 0.6 is 58.8 Å². The second-order valence-electron chi connectivity index (χ2n) is 13.7. The van der Waals surface area contributed by atoms with Crippen LogP contribution in [0.1, 0.15) is 42.5 Å². The van der Waals surface area contributed by atoms with Crippen LogP contribution in [0.4, 0.5) is 13.2 Å². The van der Waals surface area contributed by atoms with Crippen LogP contribution in [0.2, 0.25) is 20.1 Å². The molecule has 2 N–H and O–H groups in total. The fraction of sp³-hybridized carbons (Fsp3) is 0.262. The lowest BCUT2D eigenvalue weighted by Crippen LogP contribution is -2.39. The summed E-state index contributed by atoms with van der Waals surface area (Å²) in [6, 6.07) is 21.6. The molecule has 0 saturated heterocycles. The van der Waals surface area contributed by atoms with Crippen molar-refractivity contribution in [1.29, 1.82) is 0 Å². The number of benzene rings is 4. The van der Waals surface area contributed by atoms with Crippen molar-refractivity contribution in [3.8, 4) is 57.6 Å². The summed E-state index contributed by atoms with van der Waals surface area (Å²) in [4.78, 5) is 38.5. The van der Waals surface area contributed by atoms with Crippen molar-refractivity contribution < 1.29 is 27.4 Å². The van der Waals surface area contributed by atoms with Crippen molar-refractivity contribution in [2.75, 3.05) is 14.2 Å². The van der Waals surface area contributed by atoms with Crippen molar-refractivity contribution in [3.63, 3.8) is 0 Å². The van der Waals surface area contributed by atoms with E-state index in [0.29, 0.717) is 66.4 Å². The van der Waals surface area contributed by atoms with Crippen LogP contribution in [-0.2, 0) is 17.8 Å². The van der Waals surface area contributed by atoms with Gasteiger partial charge in [0.2, 0.25) is 0 Å². The molecule has 0 fully saturated rings. The predicted octanol–water partition coefficient (Wildman–Crippen LogP) is 11.6. The normalized spacial score (nSPS) is 11.3. The molecule has 0 amide bonds. The van der Waals surface area contributed by atoms with Gasteiger partial charge in [0, 0.05) is 45.3 Å². The van der Waals surface area contributed by atoms with E-state index >= 15 is 0 Å². The number of nitrogens with two attached hydrogens (primary N) is 1. The van der Waals surface area contributed by atoms with Crippen LogP contribution < -0.4 is 15.2 Å². The highest BCUT2D eigenvalue weighted by Gasteiger charge is 2.51. The minimum atomic E-state index is -4.62. The molecule has 0 aliphatic heterocycles. The smallest absolute Gasteiger partial charge is 0.400 e. The van der Waals surface area contributed by atoms with E-state index in [1.807, 2.05) is 56.3 Å². The van der Waals surface area contributed by atoms with Crippen molar-refractivity contribution >= 4 is 64.6 Å². The Morgan fingerprint density at radius 3 is 1.43 bits per heavy atom. The molecule has 18 heteroatoms. The van der Waals surface area contributed by atoms with E-state index in [0.717, 1.165) is 36.1 Å². The number of nitrogens with zero attached hydrogens (tertiary/aromatic N) is 6. The molecular formula is C42H39Cl5F3N7O3. The van der Waals surface area contributed by atoms with Crippen LogP contribution in [0.15, 0.2) is 72.8 Å². The van der Waals surface area contributed by atoms with Gasteiger partial charge in [0.15, 0.2) is 23.3 Å². The zero-order chi connectivity index (χ0) is 43.2. The van der Waals surface area contributed by atoms with E-state index in [1.165, 1.54) is 14.2 Å². The van der Waals surface area contributed by atoms with Crippen molar-refractivity contribution in [1.82, 2.24) is 29.9 Å². The number of halogens is 8. The lowest BCUT2D eigenvalue weighted by molar-refractivity contribution is -0.210. The highest BCUT2D eigenvalue weighted by molar-refractivity contribution is 6.33. The third kappa shape index (κ3) is 11.4. The lowest BCUT2D eigenvalue weighted by atomic mass is 9.84. The number of carbonyl (C=O) groups excluding carboxylic acids is 1. The molecule has 316 valence electrons. The first-order valence-corrected chi connectivity index (χ1v) is 19.4. The molecule has 60 heavy (non-hydrogen) atoms. The number of hydrogen-bond acceptors (Lipinski definition) is 10. The summed E-state index contributed by atoms with van der Waals surface area (Å²) in [7, 11) is 2.92. The number of alkyl halides is 3. The summed E-state index contributed by atoms with van der Waals surface area (Å²) >= 11 is 25.2. The SMILES string of the molecule is COc1nc(-c2ccc(C)c(Cl)c2)nc(-c2cc(CCC(=O)C(C)(C)C(F)(F)F)ccc2Cl)n1.COc1nc(-c2ccc(C)c(Cl)c2)nc(-c2cc(CN)ccc2Cl)n1.Cl. The highest BCUT2D eigenvalue weighted by atomic mass is 35.5. The first-order chi connectivity index (χ1) is 27.8. The zero-order valence-corrected chi connectivity index (χ0v) is 36.9. The first kappa shape index (κ1) is 48.0. The summed E-state index contributed by atoms with van der Waals surface area (Å²) in [6.07, 6.45) is -4.79. The van der Waals surface area contributed by atoms with Crippen LogP contribution in [0.3, 0.4) is 0 Å². The van der Waals surface area contributed by atoms with Gasteiger partial charge < -0.3 is 15.2 Å². The van der Waals surface area contributed by atoms with E-state index < -0.39 is 17.4 Å². The van der Waals surface area contributed by atoms with Crippen LogP contribution in [0, 0.1) is 19.3 Å². The largest absolute Gasteiger partial charge is 0.467 e. The summed E-state index contributed by atoms with van der Waals surface area (Å²) in [6.45, 7) is 5.98. The monoisotopic (exact) mass is 921 g/mol. The molecular weight excluding hydrogens is 885 g/mol. The van der Waals surface area contributed by atoms with E-state index in [-0.39, 0.29) is 43.1 Å². The molecule has 0 radical (unpaired) electrons. The van der Waals surface area contributed by atoms with E-state index in [2.05, 4.69) is 29.9 Å². The Bertz CT molecular complexity index is 2510. The standard InChI is InChI=1S/C24H22Cl2F3N3O2.C18H16Cl2N4O.ClH/c1-13-5-8-15(12-18(13)26)20-30-21(32-22(31-20)34-4)16-11-14(6-9-17(16)25)7-10-19(33)23(2,3)24(27,28)29;1-10-3-5-12(8-15(10)20)16-22-17(24-18(23-16)25-2)13-7-11(9-21)4-6-14(13)19;/h5-6,8-9,11-12H,7,10H2,1-4H3;3-8H,9,21H2,1-2H3;1H. The molecule has 0 unspecified atom stereocenters. The third-order valence-electron chi connectivity index (χ3n) is 9.28. The van der Waals surface area contributed by atoms with E-state index in [4.69, 9.17) is 61.6 Å². The Balaban J connectivity index is 0.000000272. The van der Waals surface area contributed by atoms with Gasteiger partial charge in [-0.1, -0.05) is 82.8 Å². The fourth-order valence-corrected chi connectivity index (χ4v) is 6.12. The average Bonchev–Trinajstić information content (AvgIpc) is 3.21. The second-order valence-corrected chi connectivity index (χ2v) is 15.4. The van der Waals surface area contributed by atoms with Gasteiger partial charge in [-0.05, 0) is 92.8 Å². The maximum absolute atomic E-state index is 13.2. The van der Waals surface area contributed by atoms with Crippen molar-refractivity contribution in [2.45, 2.75) is 53.3 Å². The van der Waals surface area contributed by atoms with Crippen LogP contribution in [-0.4, -0.2) is 56.1 Å². The van der Waals surface area contributed by atoms with Gasteiger partial charge in [0.25, 0.3) is 0 Å². The van der Waals surface area contributed by atoms with Crippen molar-refractivity contribution in [3.05, 3.63) is 115 Å². The minimum absolute atomic E-state index is 0. The number of methoxy groups -OCH3 is 2. The maximum Gasteiger partial charge on any atom is 0.400 e. The zero-order valence-electron chi connectivity index (χ0n) is 33.1. The molecule has 10 nitrogen and oxygen atoms in total. The van der Waals surface area contributed by atoms with Gasteiger partial charge >= 0.3 is 18.2 Å². The summed E-state index contributed by atoms with van der Waals surface area (Å²) in [5, 5.41) is 2.04. The van der Waals surface area contributed by atoms with Gasteiger partial charge in [0.05, 0.1) is 24.3 Å². The second kappa shape index (κ2) is 20.3. The van der Waals surface area contributed by atoms with Crippen molar-refractivity contribution in [2.24, 2.45) is 11.1 Å². The summed E-state index contributed by atoms with van der Waals surface area (Å²) < 4.78 is 49.9. The Labute approximate surface area is 371 Å². The molecule has 2 heterocycles. The van der Waals surface area contributed by atoms with Gasteiger partial charge in [-0.25, -0.2) is 9.97 Å². The molecule has 0 aliphatic rings. The maximum atomic E-state index is 13.2. The number of aryl methyl sites for hydroxylation is 3. The van der Waals surface area contributed by atoms with E-state index in [9.17, 15) is 18.0 Å². The molecule has 0 saturated carbocycles. The third-order valence-corrected chi connectivity index (χ3v) is 10.8. The Morgan fingerprint density at radius 2 is 1.03 bits per heavy atom. The van der Waals surface area contributed by atoms with E-state index in [1.54, 1.807) is 30.3 Å². The topological polar surface area (TPSA) is 139 Å². The molecule has 6 aromatic rings. The average molecular weight is 924 g/mol. The molecule has 4 aromatic carbocycles. The van der Waals surface area contributed by atoms with Gasteiger partial charge in [-0.2, -0.15) is 33.1 Å². The van der Waals surface area contributed by atoms with Crippen LogP contribution in [0.5, 0.6) is 12.0 Å². The Hall–Kier alpha value is -4.63. The molecule has 0 atom stereocenters. The lowest BCUT2D eigenvalue weighted by Gasteiger charge is -2.26. The van der Waals surface area contributed by atoms with Gasteiger partial charge in [-0.3, -0.25) is 4.79 Å². The molecule has 0 spiro atoms. The van der Waals surface area contributed by atoms with Gasteiger partial charge in [-0.15, -0.1) is 12.4 Å². The summed E-state index contributed by atoms with van der Waals surface area (Å²) in [5.41, 5.74) is 9.23. The number of aromatic nitrogens is 6. The number of rotatable bonds is 11. The minimum Gasteiger partial charge on any atom is -0.467 e. The molecule has 0 aliphatic carbocycles. The number of ketones is 1. The molecule has 6 rings (SSSR count). The molecule has 2 aromatic heterocycles. The van der Waals surface area contributed by atoms with Crippen LogP contribution in [0.25, 0.3) is 45.6 Å². The Morgan fingerprint density at radius 1 is 0.617 bits per heavy atom. The summed E-state index contributed by atoms with van der Waals surface area (Å²) in [5.74, 6) is 0.508. The first-order valence-electron chi connectivity index (χ1n) is 17.9. The Kier molecular flexibility index (Phi) is 16.2. The number of ether oxygens (including phenoxy) is 2. The predicted molar refractivity (Wildman–Crippen MR) is 232 cm³/mol.